The van der Waals surface area contributed by atoms with E-state index in [1.165, 1.54) is 19.3 Å². The normalized spacial score (nSPS) is 29.4. The van der Waals surface area contributed by atoms with Gasteiger partial charge in [-0.1, -0.05) is 34.1 Å². The van der Waals surface area contributed by atoms with Gasteiger partial charge >= 0.3 is 0 Å². The molecule has 2 fully saturated rings. The van der Waals surface area contributed by atoms with Crippen LogP contribution in [0, 0.1) is 11.3 Å². The van der Waals surface area contributed by atoms with Crippen LogP contribution in [0.2, 0.25) is 0 Å². The van der Waals surface area contributed by atoms with Crippen LogP contribution in [0.15, 0.2) is 0 Å². The molecule has 1 saturated carbocycles. The number of carbonyl (C=O) groups excluding carboxylic acids is 2. The second-order valence-electron chi connectivity index (χ2n) is 6.83. The molecule has 0 aromatic heterocycles. The van der Waals surface area contributed by atoms with Crippen molar-refractivity contribution in [3.05, 3.63) is 0 Å². The largest absolute Gasteiger partial charge is 0.343 e. The number of nitrogens with zero attached hydrogens (tertiary/aromatic N) is 1. The summed E-state index contributed by atoms with van der Waals surface area (Å²) in [7, 11) is 0. The standard InChI is InChI=1S/C16H28N2O2/c1-5-12-15(20)18(10-16(6-2)8-7-9-16)13(11(3)4)14(19)17-12/h11-13H,5-10H2,1-4H3,(H,17,19). The number of hydrogen-bond acceptors (Lipinski definition) is 2. The topological polar surface area (TPSA) is 49.4 Å². The van der Waals surface area contributed by atoms with Crippen LogP contribution in [0.1, 0.15) is 59.8 Å². The third-order valence-electron chi connectivity index (χ3n) is 5.21. The summed E-state index contributed by atoms with van der Waals surface area (Å²) in [6.07, 6.45) is 5.41. The summed E-state index contributed by atoms with van der Waals surface area (Å²) in [5.74, 6) is 0.299. The summed E-state index contributed by atoms with van der Waals surface area (Å²) in [5.41, 5.74) is 0.263. The highest BCUT2D eigenvalue weighted by Crippen LogP contribution is 2.45. The zero-order valence-electron chi connectivity index (χ0n) is 13.2. The van der Waals surface area contributed by atoms with Crippen LogP contribution >= 0.6 is 0 Å². The van der Waals surface area contributed by atoms with E-state index in [9.17, 15) is 9.59 Å². The van der Waals surface area contributed by atoms with E-state index in [0.29, 0.717) is 6.42 Å². The summed E-state index contributed by atoms with van der Waals surface area (Å²) in [6, 6.07) is -0.624. The van der Waals surface area contributed by atoms with E-state index in [1.807, 2.05) is 25.7 Å². The van der Waals surface area contributed by atoms with E-state index < -0.39 is 0 Å². The van der Waals surface area contributed by atoms with Crippen LogP contribution in [0.25, 0.3) is 0 Å². The molecule has 0 aromatic carbocycles. The molecule has 1 aliphatic heterocycles. The van der Waals surface area contributed by atoms with Crippen LogP contribution in [0.5, 0.6) is 0 Å². The predicted octanol–water partition coefficient (Wildman–Crippen LogP) is 2.33. The van der Waals surface area contributed by atoms with Gasteiger partial charge in [-0.05, 0) is 37.0 Å². The van der Waals surface area contributed by atoms with Gasteiger partial charge in [-0.25, -0.2) is 0 Å². The zero-order chi connectivity index (χ0) is 14.9. The average molecular weight is 280 g/mol. The molecular formula is C16H28N2O2. The molecule has 0 radical (unpaired) electrons. The molecule has 114 valence electrons. The van der Waals surface area contributed by atoms with Gasteiger partial charge in [0.15, 0.2) is 0 Å². The van der Waals surface area contributed by atoms with Crippen LogP contribution in [0.4, 0.5) is 0 Å². The van der Waals surface area contributed by atoms with E-state index in [0.717, 1.165) is 13.0 Å². The lowest BCUT2D eigenvalue weighted by Crippen LogP contribution is -2.66. The van der Waals surface area contributed by atoms with Crippen molar-refractivity contribution in [3.63, 3.8) is 0 Å². The molecular weight excluding hydrogens is 252 g/mol. The third-order valence-corrected chi connectivity index (χ3v) is 5.21. The van der Waals surface area contributed by atoms with Gasteiger partial charge in [0.2, 0.25) is 11.8 Å². The van der Waals surface area contributed by atoms with Crippen LogP contribution in [-0.2, 0) is 9.59 Å². The minimum absolute atomic E-state index is 0.0250. The molecule has 4 nitrogen and oxygen atoms in total. The maximum atomic E-state index is 12.7. The fraction of sp³-hybridized carbons (Fsp3) is 0.875. The van der Waals surface area contributed by atoms with Crippen LogP contribution < -0.4 is 5.32 Å². The fourth-order valence-electron chi connectivity index (χ4n) is 3.57. The molecule has 0 spiro atoms. The molecule has 1 saturated heterocycles. The molecule has 1 N–H and O–H groups in total. The highest BCUT2D eigenvalue weighted by Gasteiger charge is 2.46. The van der Waals surface area contributed by atoms with Crippen molar-refractivity contribution in [2.75, 3.05) is 6.54 Å². The lowest BCUT2D eigenvalue weighted by molar-refractivity contribution is -0.154. The first-order chi connectivity index (χ1) is 9.44. The number of nitrogens with one attached hydrogen (secondary N) is 1. The first-order valence-electron chi connectivity index (χ1n) is 8.05. The molecule has 0 bridgehead atoms. The van der Waals surface area contributed by atoms with Gasteiger partial charge in [0.1, 0.15) is 12.1 Å². The van der Waals surface area contributed by atoms with Gasteiger partial charge in [0.05, 0.1) is 0 Å². The molecule has 20 heavy (non-hydrogen) atoms. The molecule has 0 aromatic rings. The summed E-state index contributed by atoms with van der Waals surface area (Å²) in [6.45, 7) is 8.96. The molecule has 2 rings (SSSR count). The molecule has 1 aliphatic carbocycles. The van der Waals surface area contributed by atoms with Gasteiger partial charge in [-0.2, -0.15) is 0 Å². The van der Waals surface area contributed by atoms with Crippen molar-refractivity contribution in [3.8, 4) is 0 Å². The fourth-order valence-corrected chi connectivity index (χ4v) is 3.57. The molecule has 2 amide bonds. The highest BCUT2D eigenvalue weighted by atomic mass is 16.2. The molecule has 1 heterocycles. The van der Waals surface area contributed by atoms with E-state index in [4.69, 9.17) is 0 Å². The molecule has 2 aliphatic rings. The number of rotatable bonds is 5. The molecule has 2 unspecified atom stereocenters. The number of carbonyl (C=O) groups is 2. The van der Waals surface area contributed by atoms with Gasteiger partial charge < -0.3 is 10.2 Å². The predicted molar refractivity (Wildman–Crippen MR) is 79.1 cm³/mol. The van der Waals surface area contributed by atoms with Crippen molar-refractivity contribution in [1.29, 1.82) is 0 Å². The first-order valence-corrected chi connectivity index (χ1v) is 8.05. The second-order valence-corrected chi connectivity index (χ2v) is 6.83. The van der Waals surface area contributed by atoms with Gasteiger partial charge in [-0.3, -0.25) is 9.59 Å². The third kappa shape index (κ3) is 2.57. The Morgan fingerprint density at radius 2 is 1.95 bits per heavy atom. The lowest BCUT2D eigenvalue weighted by Gasteiger charge is -2.49. The van der Waals surface area contributed by atoms with Gasteiger partial charge in [0, 0.05) is 6.54 Å². The Bertz CT molecular complexity index is 382. The summed E-state index contributed by atoms with van der Waals surface area (Å²) < 4.78 is 0. The van der Waals surface area contributed by atoms with Crippen molar-refractivity contribution >= 4 is 11.8 Å². The monoisotopic (exact) mass is 280 g/mol. The van der Waals surface area contributed by atoms with Crippen molar-refractivity contribution in [2.24, 2.45) is 11.3 Å². The minimum atomic E-state index is -0.327. The van der Waals surface area contributed by atoms with Crippen molar-refractivity contribution < 1.29 is 9.59 Å². The van der Waals surface area contributed by atoms with E-state index in [-0.39, 0.29) is 35.2 Å². The number of hydrogen-bond donors (Lipinski definition) is 1. The summed E-state index contributed by atoms with van der Waals surface area (Å²) in [4.78, 5) is 26.9. The summed E-state index contributed by atoms with van der Waals surface area (Å²) >= 11 is 0. The van der Waals surface area contributed by atoms with E-state index in [2.05, 4.69) is 12.2 Å². The Kier molecular flexibility index (Phi) is 4.40. The Morgan fingerprint density at radius 3 is 2.35 bits per heavy atom. The quantitative estimate of drug-likeness (QED) is 0.840. The van der Waals surface area contributed by atoms with Gasteiger partial charge in [0.25, 0.3) is 0 Å². The number of piperazine rings is 1. The Morgan fingerprint density at radius 1 is 1.30 bits per heavy atom. The zero-order valence-corrected chi connectivity index (χ0v) is 13.2. The molecule has 4 heteroatoms. The smallest absolute Gasteiger partial charge is 0.245 e. The van der Waals surface area contributed by atoms with Gasteiger partial charge in [-0.15, -0.1) is 0 Å². The summed E-state index contributed by atoms with van der Waals surface area (Å²) in [5, 5.41) is 2.89. The highest BCUT2D eigenvalue weighted by molar-refractivity contribution is 5.97. The Hall–Kier alpha value is -1.06. The van der Waals surface area contributed by atoms with E-state index in [1.54, 1.807) is 0 Å². The minimum Gasteiger partial charge on any atom is -0.343 e. The van der Waals surface area contributed by atoms with Crippen molar-refractivity contribution in [2.45, 2.75) is 71.9 Å². The lowest BCUT2D eigenvalue weighted by atomic mass is 9.66. The van der Waals surface area contributed by atoms with Crippen molar-refractivity contribution in [1.82, 2.24) is 10.2 Å². The van der Waals surface area contributed by atoms with E-state index >= 15 is 0 Å². The molecule has 2 atom stereocenters. The SMILES string of the molecule is CCC1NC(=O)C(C(C)C)N(CC2(CC)CCC2)C1=O. The van der Waals surface area contributed by atoms with Crippen LogP contribution in [-0.4, -0.2) is 35.3 Å². The Balaban J connectivity index is 2.22. The average Bonchev–Trinajstić information content (AvgIpc) is 2.36. The second kappa shape index (κ2) is 5.74. The van der Waals surface area contributed by atoms with Crippen LogP contribution in [0.3, 0.4) is 0 Å². The number of amides is 2. The maximum absolute atomic E-state index is 12.7. The first kappa shape index (κ1) is 15.3. The maximum Gasteiger partial charge on any atom is 0.245 e. The Labute approximate surface area is 122 Å².